The van der Waals surface area contributed by atoms with Gasteiger partial charge in [0.05, 0.1) is 5.75 Å². The largest absolute Gasteiger partial charge is 0.449 e. The molecule has 0 saturated heterocycles. The molecule has 1 aliphatic rings. The number of carbonyl (C=O) groups is 3. The van der Waals surface area contributed by atoms with Gasteiger partial charge in [0, 0.05) is 18.9 Å². The molecule has 3 aromatic rings. The van der Waals surface area contributed by atoms with Gasteiger partial charge < -0.3 is 20.1 Å². The van der Waals surface area contributed by atoms with E-state index in [0.717, 1.165) is 22.3 Å². The summed E-state index contributed by atoms with van der Waals surface area (Å²) in [6.45, 7) is -0.769. The molecular weight excluding hydrogens is 619 g/mol. The zero-order valence-electron chi connectivity index (χ0n) is 22.4. The number of hydrogen-bond donors (Lipinski definition) is 3. The SMILES string of the molecule is O=C(CCC(NC(=O)OCC1c2ccccc2-c2ccccc21)C(=O)NCCS(=O)(=O)O)Oc1c(F)c(F)c(F)c(F)c1F. The fourth-order valence-corrected chi connectivity index (χ4v) is 4.94. The van der Waals surface area contributed by atoms with E-state index in [-0.39, 0.29) is 12.5 Å². The Balaban J connectivity index is 1.43. The van der Waals surface area contributed by atoms with Gasteiger partial charge in [-0.3, -0.25) is 14.1 Å². The molecule has 234 valence electrons. The molecule has 0 bridgehead atoms. The third kappa shape index (κ3) is 7.31. The standard InChI is InChI=1S/C28H23F5N2O8S/c29-21-22(30)24(32)26(25(33)23(21)31)43-20(36)10-9-19(27(37)34-11-12-44(39,40)41)35-28(38)42-13-18-16-7-3-1-5-14(16)15-6-2-4-8-17(15)18/h1-8,18-19H,9-13H2,(H,34,37)(H,35,38)(H,39,40,41). The lowest BCUT2D eigenvalue weighted by Crippen LogP contribution is -2.48. The third-order valence-corrected chi connectivity index (χ3v) is 7.35. The molecule has 1 unspecified atom stereocenters. The summed E-state index contributed by atoms with van der Waals surface area (Å²) in [5.74, 6) is -17.6. The number of ether oxygens (including phenoxy) is 2. The molecule has 0 fully saturated rings. The summed E-state index contributed by atoms with van der Waals surface area (Å²) >= 11 is 0. The van der Waals surface area contributed by atoms with Crippen molar-refractivity contribution in [2.24, 2.45) is 0 Å². The molecule has 1 aliphatic carbocycles. The number of fused-ring (bicyclic) bond motifs is 3. The summed E-state index contributed by atoms with van der Waals surface area (Å²) in [6.07, 6.45) is -2.66. The van der Waals surface area contributed by atoms with Gasteiger partial charge in [-0.25, -0.2) is 18.0 Å². The van der Waals surface area contributed by atoms with Crippen LogP contribution in [0.1, 0.15) is 29.9 Å². The fraction of sp³-hybridized carbons (Fsp3) is 0.250. The summed E-state index contributed by atoms with van der Waals surface area (Å²) in [6, 6.07) is 13.3. The molecule has 0 aliphatic heterocycles. The van der Waals surface area contributed by atoms with Gasteiger partial charge in [-0.05, 0) is 28.7 Å². The van der Waals surface area contributed by atoms with Crippen molar-refractivity contribution in [1.29, 1.82) is 0 Å². The summed E-state index contributed by atoms with van der Waals surface area (Å²) in [4.78, 5) is 37.6. The number of carbonyl (C=O) groups excluding carboxylic acids is 3. The van der Waals surface area contributed by atoms with E-state index < -0.39 is 94.1 Å². The van der Waals surface area contributed by atoms with Crippen LogP contribution in [0.5, 0.6) is 5.75 Å². The average Bonchev–Trinajstić information content (AvgIpc) is 3.31. The summed E-state index contributed by atoms with van der Waals surface area (Å²) in [7, 11) is -4.47. The predicted molar refractivity (Wildman–Crippen MR) is 143 cm³/mol. The Morgan fingerprint density at radius 2 is 1.36 bits per heavy atom. The Kier molecular flexibility index (Phi) is 9.84. The van der Waals surface area contributed by atoms with Crippen molar-refractivity contribution in [3.63, 3.8) is 0 Å². The Labute approximate surface area is 246 Å². The Morgan fingerprint density at radius 3 is 1.91 bits per heavy atom. The Morgan fingerprint density at radius 1 is 0.841 bits per heavy atom. The van der Waals surface area contributed by atoms with Crippen LogP contribution in [-0.4, -0.2) is 55.9 Å². The van der Waals surface area contributed by atoms with Crippen LogP contribution in [0.2, 0.25) is 0 Å². The highest BCUT2D eigenvalue weighted by molar-refractivity contribution is 7.85. The van der Waals surface area contributed by atoms with Crippen molar-refractivity contribution >= 4 is 28.1 Å². The molecule has 0 radical (unpaired) electrons. The van der Waals surface area contributed by atoms with E-state index in [1.54, 1.807) is 0 Å². The summed E-state index contributed by atoms with van der Waals surface area (Å²) in [5, 5.41) is 4.31. The maximum absolute atomic E-state index is 13.9. The van der Waals surface area contributed by atoms with Gasteiger partial charge in [-0.15, -0.1) is 0 Å². The van der Waals surface area contributed by atoms with E-state index in [1.165, 1.54) is 0 Å². The topological polar surface area (TPSA) is 148 Å². The van der Waals surface area contributed by atoms with Gasteiger partial charge in [0.1, 0.15) is 12.6 Å². The van der Waals surface area contributed by atoms with Crippen molar-refractivity contribution < 1.29 is 58.8 Å². The van der Waals surface area contributed by atoms with E-state index in [4.69, 9.17) is 9.29 Å². The number of amides is 2. The van der Waals surface area contributed by atoms with E-state index >= 15 is 0 Å². The highest BCUT2D eigenvalue weighted by Gasteiger charge is 2.31. The lowest BCUT2D eigenvalue weighted by molar-refractivity contribution is -0.135. The minimum Gasteiger partial charge on any atom is -0.449 e. The first-order valence-corrected chi connectivity index (χ1v) is 14.5. The normalized spacial score (nSPS) is 13.0. The van der Waals surface area contributed by atoms with Crippen LogP contribution in [0.3, 0.4) is 0 Å². The molecule has 0 saturated carbocycles. The monoisotopic (exact) mass is 642 g/mol. The van der Waals surface area contributed by atoms with Crippen molar-refractivity contribution in [1.82, 2.24) is 10.6 Å². The Bertz CT molecular complexity index is 1650. The second kappa shape index (κ2) is 13.4. The van der Waals surface area contributed by atoms with E-state index in [0.29, 0.717) is 0 Å². The van der Waals surface area contributed by atoms with Crippen molar-refractivity contribution in [3.8, 4) is 16.9 Å². The van der Waals surface area contributed by atoms with Crippen LogP contribution in [0.15, 0.2) is 48.5 Å². The molecule has 0 aromatic heterocycles. The first-order chi connectivity index (χ1) is 20.8. The number of hydrogen-bond acceptors (Lipinski definition) is 7. The molecule has 44 heavy (non-hydrogen) atoms. The molecule has 3 aromatic carbocycles. The van der Waals surface area contributed by atoms with Crippen LogP contribution < -0.4 is 15.4 Å². The molecule has 2 amide bonds. The zero-order chi connectivity index (χ0) is 32.2. The fourth-order valence-electron chi connectivity index (χ4n) is 4.58. The van der Waals surface area contributed by atoms with Gasteiger partial charge in [0.15, 0.2) is 0 Å². The average molecular weight is 643 g/mol. The predicted octanol–water partition coefficient (Wildman–Crippen LogP) is 3.98. The minimum atomic E-state index is -4.47. The first-order valence-electron chi connectivity index (χ1n) is 12.8. The molecule has 16 heteroatoms. The number of halogens is 5. The molecule has 0 spiro atoms. The van der Waals surface area contributed by atoms with Crippen LogP contribution >= 0.6 is 0 Å². The first kappa shape index (κ1) is 32.3. The number of benzene rings is 3. The quantitative estimate of drug-likeness (QED) is 0.0711. The van der Waals surface area contributed by atoms with Gasteiger partial charge in [0.25, 0.3) is 10.1 Å². The van der Waals surface area contributed by atoms with E-state index in [1.807, 2.05) is 48.5 Å². The maximum atomic E-state index is 13.9. The number of esters is 1. The van der Waals surface area contributed by atoms with Crippen LogP contribution in [0, 0.1) is 29.1 Å². The second-order valence-electron chi connectivity index (χ2n) is 9.51. The number of nitrogens with one attached hydrogen (secondary N) is 2. The molecule has 0 heterocycles. The van der Waals surface area contributed by atoms with Crippen LogP contribution in [0.4, 0.5) is 26.7 Å². The smallest absolute Gasteiger partial charge is 0.407 e. The molecule has 1 atom stereocenters. The van der Waals surface area contributed by atoms with Gasteiger partial charge in [-0.1, -0.05) is 48.5 Å². The number of rotatable bonds is 11. The van der Waals surface area contributed by atoms with Gasteiger partial charge >= 0.3 is 12.1 Å². The highest BCUT2D eigenvalue weighted by atomic mass is 32.2. The third-order valence-electron chi connectivity index (χ3n) is 6.63. The lowest BCUT2D eigenvalue weighted by atomic mass is 9.98. The van der Waals surface area contributed by atoms with Crippen molar-refractivity contribution in [2.45, 2.75) is 24.8 Å². The van der Waals surface area contributed by atoms with Crippen molar-refractivity contribution in [3.05, 3.63) is 88.7 Å². The minimum absolute atomic E-state index is 0.167. The van der Waals surface area contributed by atoms with Gasteiger partial charge in [-0.2, -0.15) is 17.2 Å². The van der Waals surface area contributed by atoms with Crippen molar-refractivity contribution in [2.75, 3.05) is 18.9 Å². The molecule has 10 nitrogen and oxygen atoms in total. The second-order valence-corrected chi connectivity index (χ2v) is 11.1. The number of alkyl carbamates (subject to hydrolysis) is 1. The molecular formula is C28H23F5N2O8S. The highest BCUT2D eigenvalue weighted by Crippen LogP contribution is 2.44. The maximum Gasteiger partial charge on any atom is 0.407 e. The summed E-state index contributed by atoms with van der Waals surface area (Å²) < 4.78 is 108. The summed E-state index contributed by atoms with van der Waals surface area (Å²) in [5.41, 5.74) is 3.66. The lowest BCUT2D eigenvalue weighted by Gasteiger charge is -2.19. The molecule has 4 rings (SSSR count). The Hall–Kier alpha value is -4.57. The zero-order valence-corrected chi connectivity index (χ0v) is 23.2. The van der Waals surface area contributed by atoms with Gasteiger partial charge in [0.2, 0.25) is 40.7 Å². The van der Waals surface area contributed by atoms with E-state index in [2.05, 4.69) is 15.4 Å². The van der Waals surface area contributed by atoms with Crippen LogP contribution in [0.25, 0.3) is 11.1 Å². The van der Waals surface area contributed by atoms with Crippen LogP contribution in [-0.2, 0) is 24.4 Å². The van der Waals surface area contributed by atoms with E-state index in [9.17, 15) is 44.8 Å². The molecule has 3 N–H and O–H groups in total.